The van der Waals surface area contributed by atoms with E-state index in [0.29, 0.717) is 0 Å². The van der Waals surface area contributed by atoms with Crippen molar-refractivity contribution < 1.29 is 27.8 Å². The summed E-state index contributed by atoms with van der Waals surface area (Å²) in [5.74, 6) is -1.23. The Morgan fingerprint density at radius 1 is 1.21 bits per heavy atom. The predicted molar refractivity (Wildman–Crippen MR) is 62.9 cm³/mol. The van der Waals surface area contributed by atoms with Crippen molar-refractivity contribution in [3.8, 4) is 0 Å². The molecule has 0 saturated carbocycles. The summed E-state index contributed by atoms with van der Waals surface area (Å²) in [4.78, 5) is 10.3. The fourth-order valence-corrected chi connectivity index (χ4v) is 1.59. The molecule has 1 atom stereocenters. The van der Waals surface area contributed by atoms with Gasteiger partial charge in [0.1, 0.15) is 6.61 Å². The van der Waals surface area contributed by atoms with E-state index in [4.69, 9.17) is 5.11 Å². The molecule has 0 aliphatic heterocycles. The number of aliphatic carboxylic acids is 1. The molecule has 6 heteroatoms. The van der Waals surface area contributed by atoms with Crippen molar-refractivity contribution in [2.24, 2.45) is 0 Å². The van der Waals surface area contributed by atoms with Crippen molar-refractivity contribution in [3.63, 3.8) is 0 Å². The molecular formula is C13H15F3O3. The molecule has 106 valence electrons. The lowest BCUT2D eigenvalue weighted by molar-refractivity contribution is -0.225. The van der Waals surface area contributed by atoms with Gasteiger partial charge < -0.3 is 9.84 Å². The maximum absolute atomic E-state index is 12.8. The number of hydrogen-bond acceptors (Lipinski definition) is 2. The average Bonchev–Trinajstić information content (AvgIpc) is 2.27. The van der Waals surface area contributed by atoms with Gasteiger partial charge in [0.05, 0.1) is 0 Å². The largest absolute Gasteiger partial charge is 0.480 e. The van der Waals surface area contributed by atoms with E-state index in [1.165, 1.54) is 12.1 Å². The highest BCUT2D eigenvalue weighted by molar-refractivity contribution is 5.68. The van der Waals surface area contributed by atoms with Gasteiger partial charge in [-0.05, 0) is 17.0 Å². The van der Waals surface area contributed by atoms with Gasteiger partial charge in [0.2, 0.25) is 0 Å². The average molecular weight is 276 g/mol. The van der Waals surface area contributed by atoms with Crippen molar-refractivity contribution in [2.45, 2.75) is 32.0 Å². The van der Waals surface area contributed by atoms with Gasteiger partial charge in [-0.25, -0.2) is 4.79 Å². The van der Waals surface area contributed by atoms with Crippen LogP contribution >= 0.6 is 0 Å². The maximum Gasteiger partial charge on any atom is 0.418 e. The standard InChI is InChI=1S/C13H15F3O3/c1-8(2)9-3-5-10(6-4-9)12(13(14,15)16)19-7-11(17)18/h3-6,8,12H,7H2,1-2H3,(H,17,18). The highest BCUT2D eigenvalue weighted by Crippen LogP contribution is 2.36. The Morgan fingerprint density at radius 3 is 2.05 bits per heavy atom. The van der Waals surface area contributed by atoms with Crippen LogP contribution in [0.1, 0.15) is 37.0 Å². The summed E-state index contributed by atoms with van der Waals surface area (Å²) >= 11 is 0. The number of ether oxygens (including phenoxy) is 1. The van der Waals surface area contributed by atoms with E-state index in [-0.39, 0.29) is 11.5 Å². The minimum atomic E-state index is -4.64. The molecule has 0 aliphatic carbocycles. The molecule has 1 aromatic rings. The topological polar surface area (TPSA) is 46.5 Å². The van der Waals surface area contributed by atoms with Crippen molar-refractivity contribution in [3.05, 3.63) is 35.4 Å². The SMILES string of the molecule is CC(C)c1ccc(C(OCC(=O)O)C(F)(F)F)cc1. The van der Waals surface area contributed by atoms with Gasteiger partial charge in [0.25, 0.3) is 0 Å². The normalized spacial score (nSPS) is 13.6. The van der Waals surface area contributed by atoms with Crippen LogP contribution in [0.15, 0.2) is 24.3 Å². The third kappa shape index (κ3) is 4.55. The third-order valence-electron chi connectivity index (χ3n) is 2.58. The number of carbonyl (C=O) groups is 1. The summed E-state index contributed by atoms with van der Waals surface area (Å²) in [7, 11) is 0. The highest BCUT2D eigenvalue weighted by atomic mass is 19.4. The molecule has 19 heavy (non-hydrogen) atoms. The third-order valence-corrected chi connectivity index (χ3v) is 2.58. The zero-order valence-corrected chi connectivity index (χ0v) is 10.6. The van der Waals surface area contributed by atoms with Crippen molar-refractivity contribution >= 4 is 5.97 Å². The molecule has 0 amide bonds. The molecule has 0 saturated heterocycles. The molecule has 3 nitrogen and oxygen atoms in total. The van der Waals surface area contributed by atoms with E-state index in [1.54, 1.807) is 12.1 Å². The first-order valence-electron chi connectivity index (χ1n) is 5.71. The van der Waals surface area contributed by atoms with Crippen LogP contribution in [0.3, 0.4) is 0 Å². The number of rotatable bonds is 5. The van der Waals surface area contributed by atoms with E-state index in [2.05, 4.69) is 4.74 Å². The minimum Gasteiger partial charge on any atom is -0.480 e. The summed E-state index contributed by atoms with van der Waals surface area (Å²) in [5, 5.41) is 8.40. The van der Waals surface area contributed by atoms with E-state index in [0.717, 1.165) is 5.56 Å². The van der Waals surface area contributed by atoms with Gasteiger partial charge in [-0.2, -0.15) is 13.2 Å². The number of carboxylic acid groups (broad SMARTS) is 1. The molecule has 1 unspecified atom stereocenters. The number of alkyl halides is 3. The second-order valence-electron chi connectivity index (χ2n) is 4.45. The predicted octanol–water partition coefficient (Wildman–Crippen LogP) is 3.51. The molecule has 0 spiro atoms. The molecular weight excluding hydrogens is 261 g/mol. The van der Waals surface area contributed by atoms with Crippen LogP contribution in [-0.2, 0) is 9.53 Å². The zero-order valence-electron chi connectivity index (χ0n) is 10.6. The van der Waals surface area contributed by atoms with Crippen molar-refractivity contribution in [1.82, 2.24) is 0 Å². The van der Waals surface area contributed by atoms with Crippen LogP contribution in [0.5, 0.6) is 0 Å². The van der Waals surface area contributed by atoms with Crippen LogP contribution in [0, 0.1) is 0 Å². The second kappa shape index (κ2) is 6.06. The summed E-state index contributed by atoms with van der Waals surface area (Å²) in [6.45, 7) is 2.87. The number of hydrogen-bond donors (Lipinski definition) is 1. The molecule has 0 aromatic heterocycles. The maximum atomic E-state index is 12.8. The first-order chi connectivity index (χ1) is 8.71. The lowest BCUT2D eigenvalue weighted by Crippen LogP contribution is -2.26. The van der Waals surface area contributed by atoms with E-state index >= 15 is 0 Å². The van der Waals surface area contributed by atoms with Gasteiger partial charge in [0.15, 0.2) is 6.10 Å². The van der Waals surface area contributed by atoms with Crippen molar-refractivity contribution in [1.29, 1.82) is 0 Å². The zero-order chi connectivity index (χ0) is 14.6. The van der Waals surface area contributed by atoms with Gasteiger partial charge in [-0.3, -0.25) is 0 Å². The first-order valence-corrected chi connectivity index (χ1v) is 5.71. The number of halogens is 3. The lowest BCUT2D eigenvalue weighted by atomic mass is 10.00. The molecule has 1 rings (SSSR count). The molecule has 0 heterocycles. The Bertz CT molecular complexity index is 424. The lowest BCUT2D eigenvalue weighted by Gasteiger charge is -2.20. The van der Waals surface area contributed by atoms with E-state index < -0.39 is 24.9 Å². The first kappa shape index (κ1) is 15.5. The summed E-state index contributed by atoms with van der Waals surface area (Å²) < 4.78 is 42.8. The monoisotopic (exact) mass is 276 g/mol. The van der Waals surface area contributed by atoms with Gasteiger partial charge in [0, 0.05) is 0 Å². The molecule has 1 N–H and O–H groups in total. The Balaban J connectivity index is 2.94. The molecule has 0 aliphatic rings. The van der Waals surface area contributed by atoms with Crippen LogP contribution in [0.25, 0.3) is 0 Å². The Labute approximate surface area is 109 Å². The molecule has 0 radical (unpaired) electrons. The quantitative estimate of drug-likeness (QED) is 0.895. The van der Waals surface area contributed by atoms with E-state index in [9.17, 15) is 18.0 Å². The summed E-state index contributed by atoms with van der Waals surface area (Å²) in [6, 6.07) is 5.80. The Hall–Kier alpha value is -1.56. The van der Waals surface area contributed by atoms with Gasteiger partial charge in [-0.1, -0.05) is 38.1 Å². The molecule has 0 fully saturated rings. The fraction of sp³-hybridized carbons (Fsp3) is 0.462. The van der Waals surface area contributed by atoms with Crippen LogP contribution in [0.2, 0.25) is 0 Å². The highest BCUT2D eigenvalue weighted by Gasteiger charge is 2.42. The van der Waals surface area contributed by atoms with Gasteiger partial charge in [-0.15, -0.1) is 0 Å². The van der Waals surface area contributed by atoms with E-state index in [1.807, 2.05) is 13.8 Å². The Kier molecular flexibility index (Phi) is 4.94. The number of carboxylic acids is 1. The molecule has 1 aromatic carbocycles. The summed E-state index contributed by atoms with van der Waals surface area (Å²) in [6.07, 6.45) is -6.86. The number of benzene rings is 1. The minimum absolute atomic E-state index is 0.0989. The van der Waals surface area contributed by atoms with Gasteiger partial charge >= 0.3 is 12.1 Å². The second-order valence-corrected chi connectivity index (χ2v) is 4.45. The van der Waals surface area contributed by atoms with Crippen LogP contribution < -0.4 is 0 Å². The van der Waals surface area contributed by atoms with Crippen LogP contribution in [-0.4, -0.2) is 23.9 Å². The smallest absolute Gasteiger partial charge is 0.418 e. The summed E-state index contributed by atoms with van der Waals surface area (Å²) in [5.41, 5.74) is 0.807. The van der Waals surface area contributed by atoms with Crippen LogP contribution in [0.4, 0.5) is 13.2 Å². The fourth-order valence-electron chi connectivity index (χ4n) is 1.59. The van der Waals surface area contributed by atoms with Crippen molar-refractivity contribution in [2.75, 3.05) is 6.61 Å². The Morgan fingerprint density at radius 2 is 1.68 bits per heavy atom. The molecule has 0 bridgehead atoms.